The summed E-state index contributed by atoms with van der Waals surface area (Å²) in [5, 5.41) is 4.77. The first kappa shape index (κ1) is 21.7. The van der Waals surface area contributed by atoms with Gasteiger partial charge in [-0.05, 0) is 0 Å². The number of fused-ring (bicyclic) bond motifs is 7. The Morgan fingerprint density at radius 3 is 1.71 bits per heavy atom. The Labute approximate surface area is 208 Å². The van der Waals surface area contributed by atoms with Crippen LogP contribution in [-0.4, -0.2) is 21.2 Å². The fourth-order valence-corrected chi connectivity index (χ4v) is 8.19. The van der Waals surface area contributed by atoms with E-state index in [0.717, 1.165) is 35.5 Å². The van der Waals surface area contributed by atoms with Crippen molar-refractivity contribution in [3.63, 3.8) is 0 Å². The Morgan fingerprint density at radius 2 is 1.15 bits per heavy atom. The second-order valence-electron chi connectivity index (χ2n) is 8.92. The molecule has 6 rings (SSSR count). The molecule has 1 aliphatic rings. The Balaban J connectivity index is 1.51. The van der Waals surface area contributed by atoms with Crippen molar-refractivity contribution in [1.82, 2.24) is 0 Å². The maximum atomic E-state index is 6.87. The molecular formula is C30H25O2PSe. The Kier molecular flexibility index (Phi) is 5.58. The quantitative estimate of drug-likeness (QED) is 0.173. The minimum atomic E-state index is -2.38. The van der Waals surface area contributed by atoms with Crippen molar-refractivity contribution in [3.8, 4) is 22.6 Å². The van der Waals surface area contributed by atoms with Crippen molar-refractivity contribution in [2.24, 2.45) is 0 Å². The van der Waals surface area contributed by atoms with Crippen molar-refractivity contribution in [1.29, 1.82) is 0 Å². The summed E-state index contributed by atoms with van der Waals surface area (Å²) in [5.74, 6) is 1.79. The van der Waals surface area contributed by atoms with Crippen molar-refractivity contribution in [2.75, 3.05) is 0 Å². The van der Waals surface area contributed by atoms with Crippen LogP contribution in [-0.2, 0) is 6.42 Å². The molecule has 4 heteroatoms. The molecule has 0 radical (unpaired) electrons. The predicted molar refractivity (Wildman–Crippen MR) is 145 cm³/mol. The van der Waals surface area contributed by atoms with E-state index in [1.165, 1.54) is 27.1 Å². The van der Waals surface area contributed by atoms with Crippen LogP contribution in [0.25, 0.3) is 32.7 Å². The normalized spacial score (nSPS) is 15.0. The van der Waals surface area contributed by atoms with E-state index in [4.69, 9.17) is 9.05 Å². The van der Waals surface area contributed by atoms with Gasteiger partial charge in [0, 0.05) is 0 Å². The Bertz CT molecular complexity index is 1410. The molecule has 34 heavy (non-hydrogen) atoms. The molecule has 0 saturated carbocycles. The summed E-state index contributed by atoms with van der Waals surface area (Å²) in [7, 11) is 0. The molecule has 168 valence electrons. The third kappa shape index (κ3) is 3.79. The van der Waals surface area contributed by atoms with Gasteiger partial charge in [-0.3, -0.25) is 0 Å². The van der Waals surface area contributed by atoms with Crippen molar-refractivity contribution in [2.45, 2.75) is 25.4 Å². The van der Waals surface area contributed by atoms with Gasteiger partial charge in [0.2, 0.25) is 0 Å². The zero-order chi connectivity index (χ0) is 23.1. The molecule has 2 nitrogen and oxygen atoms in total. The van der Waals surface area contributed by atoms with Crippen LogP contribution in [0.3, 0.4) is 0 Å². The first-order valence-corrected chi connectivity index (χ1v) is 15.6. The van der Waals surface area contributed by atoms with E-state index in [2.05, 4.69) is 126 Å². The average molecular weight is 527 g/mol. The van der Waals surface area contributed by atoms with Gasteiger partial charge in [-0.15, -0.1) is 0 Å². The summed E-state index contributed by atoms with van der Waals surface area (Å²) in [4.78, 5) is 0. The predicted octanol–water partition coefficient (Wildman–Crippen LogP) is 8.38. The Morgan fingerprint density at radius 1 is 0.647 bits per heavy atom. The van der Waals surface area contributed by atoms with Crippen molar-refractivity contribution < 1.29 is 9.05 Å². The fraction of sp³-hybridized carbons (Fsp3) is 0.133. The zero-order valence-electron chi connectivity index (χ0n) is 19.0. The van der Waals surface area contributed by atoms with E-state index >= 15 is 0 Å². The molecule has 0 unspecified atom stereocenters. The number of aryl methyl sites for hydroxylation is 1. The molecule has 0 saturated heterocycles. The van der Waals surface area contributed by atoms with E-state index in [-0.39, 0.29) is 5.66 Å². The van der Waals surface area contributed by atoms with Gasteiger partial charge in [0.05, 0.1) is 0 Å². The first-order chi connectivity index (χ1) is 16.6. The molecule has 0 aromatic heterocycles. The van der Waals surface area contributed by atoms with Gasteiger partial charge in [0.1, 0.15) is 0 Å². The summed E-state index contributed by atoms with van der Waals surface area (Å²) in [6, 6.07) is 36.3. The van der Waals surface area contributed by atoms with E-state index in [1.54, 1.807) is 0 Å². The molecule has 0 spiro atoms. The van der Waals surface area contributed by atoms with Crippen LogP contribution in [0.2, 0.25) is 0 Å². The van der Waals surface area contributed by atoms with Gasteiger partial charge in [0.15, 0.2) is 0 Å². The molecule has 5 aromatic rings. The second kappa shape index (κ2) is 8.75. The van der Waals surface area contributed by atoms with Crippen LogP contribution in [0, 0.1) is 0 Å². The maximum absolute atomic E-state index is 6.87. The molecule has 1 aliphatic heterocycles. The van der Waals surface area contributed by atoms with Gasteiger partial charge in [0.25, 0.3) is 0 Å². The van der Waals surface area contributed by atoms with Crippen LogP contribution < -0.4 is 9.05 Å². The van der Waals surface area contributed by atoms with E-state index in [9.17, 15) is 0 Å². The SMILES string of the molecule is C[C@@H](CCc1ccccc1)[P+]1([Se-])Oc2ccc3ccccc3c2-c2c(ccc3ccccc23)O1. The molecule has 0 fully saturated rings. The standard InChI is InChI=1S/C30H25O2PSe/c1-21(15-16-22-9-3-2-4-10-22)33(34)31-27-19-17-23-11-5-7-13-25(23)29(27)30-26-14-8-6-12-24(26)18-20-28(30)32-33/h2-14,17-21H,15-16H2,1H3/t21-/m0/s1. The topological polar surface area (TPSA) is 18.5 Å². The van der Waals surface area contributed by atoms with Gasteiger partial charge in [-0.2, -0.15) is 0 Å². The monoisotopic (exact) mass is 528 g/mol. The van der Waals surface area contributed by atoms with Gasteiger partial charge in [-0.25, -0.2) is 0 Å². The molecule has 1 atom stereocenters. The van der Waals surface area contributed by atoms with E-state index in [1.807, 2.05) is 0 Å². The van der Waals surface area contributed by atoms with Gasteiger partial charge < -0.3 is 0 Å². The summed E-state index contributed by atoms with van der Waals surface area (Å²) in [6.07, 6.45) is -0.404. The van der Waals surface area contributed by atoms with Crippen molar-refractivity contribution >= 4 is 43.5 Å². The number of benzene rings is 5. The number of hydrogen-bond acceptors (Lipinski definition) is 2. The number of rotatable bonds is 4. The van der Waals surface area contributed by atoms with Crippen LogP contribution in [0.5, 0.6) is 11.5 Å². The van der Waals surface area contributed by atoms with Gasteiger partial charge >= 0.3 is 209 Å². The molecular weight excluding hydrogens is 502 g/mol. The molecule has 1 heterocycles. The molecule has 5 aromatic carbocycles. The molecule has 0 bridgehead atoms. The van der Waals surface area contributed by atoms with Crippen LogP contribution in [0.15, 0.2) is 103 Å². The fourth-order valence-electron chi connectivity index (χ4n) is 4.82. The van der Waals surface area contributed by atoms with Crippen LogP contribution in [0.4, 0.5) is 0 Å². The van der Waals surface area contributed by atoms with Gasteiger partial charge in [-0.1, -0.05) is 0 Å². The third-order valence-electron chi connectivity index (χ3n) is 6.72. The molecule has 0 N–H and O–H groups in total. The summed E-state index contributed by atoms with van der Waals surface area (Å²) < 4.78 is 13.7. The molecule has 0 aliphatic carbocycles. The summed E-state index contributed by atoms with van der Waals surface area (Å²) >= 11 is 3.41. The van der Waals surface area contributed by atoms with Crippen LogP contribution >= 0.6 is 6.41 Å². The van der Waals surface area contributed by atoms with E-state index in [0.29, 0.717) is 0 Å². The summed E-state index contributed by atoms with van der Waals surface area (Å²) in [5.41, 5.74) is 3.81. The zero-order valence-corrected chi connectivity index (χ0v) is 21.6. The Hall–Kier alpha value is -2.83. The third-order valence-corrected chi connectivity index (χ3v) is 12.2. The van der Waals surface area contributed by atoms with Crippen LogP contribution in [0.1, 0.15) is 18.9 Å². The number of hydrogen-bond donors (Lipinski definition) is 0. The average Bonchev–Trinajstić information content (AvgIpc) is 3.02. The second-order valence-corrected chi connectivity index (χ2v) is 14.4. The van der Waals surface area contributed by atoms with Crippen molar-refractivity contribution in [3.05, 3.63) is 109 Å². The summed E-state index contributed by atoms with van der Waals surface area (Å²) in [6.45, 7) is 2.25. The minimum absolute atomic E-state index is 0.226. The molecule has 0 amide bonds. The van der Waals surface area contributed by atoms with E-state index < -0.39 is 6.41 Å². The first-order valence-electron chi connectivity index (χ1n) is 11.7.